The normalized spacial score (nSPS) is 14.5. The molecular weight excluding hydrogens is 608 g/mol. The lowest BCUT2D eigenvalue weighted by Crippen LogP contribution is -2.54. The molecule has 0 spiro atoms. The standard InChI is InChI=1S/C27H20Br2N2O6/c1-15-3-5-16(6-4-15)14-37-23-18(11-19(28)13-22(23)29)12-21-24(32)30-27(35)31(25(21)33)20-9-7-17(8-10-20)26(34)36-2/h3-13H,14H2,1-2H3,(H,30,32,35)/b21-12+. The number of barbiturate groups is 1. The maximum absolute atomic E-state index is 13.3. The minimum atomic E-state index is -0.899. The molecule has 37 heavy (non-hydrogen) atoms. The fourth-order valence-electron chi connectivity index (χ4n) is 3.59. The zero-order valence-electron chi connectivity index (χ0n) is 19.7. The van der Waals surface area contributed by atoms with Gasteiger partial charge in [-0.2, -0.15) is 0 Å². The molecule has 0 saturated carbocycles. The van der Waals surface area contributed by atoms with Crippen LogP contribution in [0.1, 0.15) is 27.0 Å². The van der Waals surface area contributed by atoms with Crippen LogP contribution in [0, 0.1) is 6.92 Å². The molecule has 1 aliphatic heterocycles. The van der Waals surface area contributed by atoms with Crippen LogP contribution >= 0.6 is 31.9 Å². The SMILES string of the molecule is COC(=O)c1ccc(N2C(=O)NC(=O)/C(=C\c3cc(Br)cc(Br)c3OCc3ccc(C)cc3)C2=O)cc1. The van der Waals surface area contributed by atoms with Gasteiger partial charge in [0.2, 0.25) is 0 Å². The minimum Gasteiger partial charge on any atom is -0.487 e. The van der Waals surface area contributed by atoms with Crippen LogP contribution in [0.5, 0.6) is 5.75 Å². The van der Waals surface area contributed by atoms with Gasteiger partial charge >= 0.3 is 12.0 Å². The Hall–Kier alpha value is -3.76. The largest absolute Gasteiger partial charge is 0.487 e. The minimum absolute atomic E-state index is 0.180. The summed E-state index contributed by atoms with van der Waals surface area (Å²) in [5, 5.41) is 2.19. The van der Waals surface area contributed by atoms with Gasteiger partial charge in [-0.25, -0.2) is 14.5 Å². The van der Waals surface area contributed by atoms with Gasteiger partial charge in [0.25, 0.3) is 11.8 Å². The van der Waals surface area contributed by atoms with Gasteiger partial charge in [-0.15, -0.1) is 0 Å². The highest BCUT2D eigenvalue weighted by Gasteiger charge is 2.37. The number of amides is 4. The Balaban J connectivity index is 1.68. The van der Waals surface area contributed by atoms with Crippen LogP contribution in [0.4, 0.5) is 10.5 Å². The summed E-state index contributed by atoms with van der Waals surface area (Å²) >= 11 is 6.91. The van der Waals surface area contributed by atoms with Crippen molar-refractivity contribution >= 4 is 67.4 Å². The summed E-state index contributed by atoms with van der Waals surface area (Å²) in [6, 6.07) is 16.1. The Morgan fingerprint density at radius 1 is 1.00 bits per heavy atom. The average Bonchev–Trinajstić information content (AvgIpc) is 2.86. The Morgan fingerprint density at radius 3 is 2.32 bits per heavy atom. The second-order valence-corrected chi connectivity index (χ2v) is 9.85. The van der Waals surface area contributed by atoms with Gasteiger partial charge in [0.1, 0.15) is 17.9 Å². The van der Waals surface area contributed by atoms with Crippen molar-refractivity contribution in [3.05, 3.63) is 97.4 Å². The van der Waals surface area contributed by atoms with Crippen LogP contribution in [0.3, 0.4) is 0 Å². The maximum atomic E-state index is 13.3. The number of aryl methyl sites for hydroxylation is 1. The molecule has 1 N–H and O–H groups in total. The van der Waals surface area contributed by atoms with Gasteiger partial charge < -0.3 is 9.47 Å². The van der Waals surface area contributed by atoms with Crippen LogP contribution in [0.15, 0.2) is 75.2 Å². The van der Waals surface area contributed by atoms with E-state index in [0.717, 1.165) is 16.0 Å². The van der Waals surface area contributed by atoms with Crippen molar-refractivity contribution in [2.75, 3.05) is 12.0 Å². The Morgan fingerprint density at radius 2 is 1.68 bits per heavy atom. The van der Waals surface area contributed by atoms with Crippen LogP contribution in [-0.2, 0) is 20.9 Å². The van der Waals surface area contributed by atoms with E-state index in [1.165, 1.54) is 37.5 Å². The molecule has 0 bridgehead atoms. The number of anilines is 1. The first-order valence-electron chi connectivity index (χ1n) is 10.9. The fourth-order valence-corrected chi connectivity index (χ4v) is 4.96. The molecule has 10 heteroatoms. The summed E-state index contributed by atoms with van der Waals surface area (Å²) in [4.78, 5) is 51.1. The van der Waals surface area contributed by atoms with Gasteiger partial charge in [-0.1, -0.05) is 45.8 Å². The topological polar surface area (TPSA) is 102 Å². The molecule has 1 aliphatic rings. The summed E-state index contributed by atoms with van der Waals surface area (Å²) in [6.07, 6.45) is 1.37. The monoisotopic (exact) mass is 626 g/mol. The number of ether oxygens (including phenoxy) is 2. The van der Waals surface area contributed by atoms with E-state index in [9.17, 15) is 19.2 Å². The summed E-state index contributed by atoms with van der Waals surface area (Å²) in [5.74, 6) is -1.80. The molecule has 4 amide bonds. The number of hydrogen-bond donors (Lipinski definition) is 1. The third-order valence-corrected chi connectivity index (χ3v) is 6.54. The van der Waals surface area contributed by atoms with Crippen molar-refractivity contribution in [3.63, 3.8) is 0 Å². The number of halogens is 2. The number of nitrogens with one attached hydrogen (secondary N) is 1. The first-order valence-corrected chi connectivity index (χ1v) is 12.5. The lowest BCUT2D eigenvalue weighted by molar-refractivity contribution is -0.122. The molecule has 0 atom stereocenters. The molecule has 8 nitrogen and oxygen atoms in total. The second-order valence-electron chi connectivity index (χ2n) is 8.08. The van der Waals surface area contributed by atoms with E-state index in [2.05, 4.69) is 41.9 Å². The molecule has 4 rings (SSSR count). The van der Waals surface area contributed by atoms with Gasteiger partial charge in [0.15, 0.2) is 0 Å². The zero-order valence-corrected chi connectivity index (χ0v) is 22.9. The molecule has 0 aromatic heterocycles. The molecule has 0 aliphatic carbocycles. The van der Waals surface area contributed by atoms with E-state index in [0.29, 0.717) is 20.3 Å². The highest BCUT2D eigenvalue weighted by atomic mass is 79.9. The van der Waals surface area contributed by atoms with Gasteiger partial charge in [-0.05, 0) is 70.9 Å². The van der Waals surface area contributed by atoms with E-state index < -0.39 is 23.8 Å². The highest BCUT2D eigenvalue weighted by Crippen LogP contribution is 2.35. The van der Waals surface area contributed by atoms with Crippen molar-refractivity contribution in [2.45, 2.75) is 13.5 Å². The second kappa shape index (κ2) is 11.1. The number of esters is 1. The van der Waals surface area contributed by atoms with Crippen LogP contribution in [0.25, 0.3) is 6.08 Å². The zero-order chi connectivity index (χ0) is 26.7. The van der Waals surface area contributed by atoms with E-state index in [1.807, 2.05) is 31.2 Å². The Bertz CT molecular complexity index is 1430. The number of imide groups is 2. The van der Waals surface area contributed by atoms with Crippen molar-refractivity contribution in [2.24, 2.45) is 0 Å². The lowest BCUT2D eigenvalue weighted by atomic mass is 10.1. The third kappa shape index (κ3) is 5.81. The van der Waals surface area contributed by atoms with Crippen LogP contribution in [-0.4, -0.2) is 30.9 Å². The summed E-state index contributed by atoms with van der Waals surface area (Å²) in [6.45, 7) is 2.25. The van der Waals surface area contributed by atoms with Gasteiger partial charge in [0, 0.05) is 10.0 Å². The summed E-state index contributed by atoms with van der Waals surface area (Å²) in [5.41, 5.74) is 2.68. The van der Waals surface area contributed by atoms with E-state index >= 15 is 0 Å². The Kier molecular flexibility index (Phi) is 7.89. The van der Waals surface area contributed by atoms with E-state index in [1.54, 1.807) is 12.1 Å². The quantitative estimate of drug-likeness (QED) is 0.218. The number of carbonyl (C=O) groups excluding carboxylic acids is 4. The number of carbonyl (C=O) groups is 4. The first kappa shape index (κ1) is 26.3. The van der Waals surface area contributed by atoms with Gasteiger partial charge in [0.05, 0.1) is 22.8 Å². The van der Waals surface area contributed by atoms with Crippen molar-refractivity contribution in [1.29, 1.82) is 0 Å². The van der Waals surface area contributed by atoms with Crippen molar-refractivity contribution in [1.82, 2.24) is 5.32 Å². The Labute approximate surface area is 229 Å². The number of urea groups is 1. The smallest absolute Gasteiger partial charge is 0.337 e. The predicted molar refractivity (Wildman–Crippen MR) is 144 cm³/mol. The van der Waals surface area contributed by atoms with E-state index in [4.69, 9.17) is 4.74 Å². The molecule has 3 aromatic carbocycles. The molecule has 1 saturated heterocycles. The lowest BCUT2D eigenvalue weighted by Gasteiger charge is -2.26. The molecule has 0 radical (unpaired) electrons. The molecule has 1 fully saturated rings. The van der Waals surface area contributed by atoms with Crippen molar-refractivity contribution in [3.8, 4) is 5.75 Å². The van der Waals surface area contributed by atoms with Crippen molar-refractivity contribution < 1.29 is 28.7 Å². The van der Waals surface area contributed by atoms with Gasteiger partial charge in [-0.3, -0.25) is 14.9 Å². The summed E-state index contributed by atoms with van der Waals surface area (Å²) in [7, 11) is 1.25. The molecule has 0 unspecified atom stereocenters. The number of hydrogen-bond acceptors (Lipinski definition) is 6. The number of rotatable bonds is 6. The van der Waals surface area contributed by atoms with E-state index in [-0.39, 0.29) is 23.4 Å². The third-order valence-electron chi connectivity index (χ3n) is 5.49. The summed E-state index contributed by atoms with van der Waals surface area (Å²) < 4.78 is 12.0. The number of methoxy groups -OCH3 is 1. The molecule has 3 aromatic rings. The fraction of sp³-hybridized carbons (Fsp3) is 0.111. The number of benzene rings is 3. The molecule has 1 heterocycles. The predicted octanol–water partition coefficient (Wildman–Crippen LogP) is 5.55. The maximum Gasteiger partial charge on any atom is 0.337 e. The number of nitrogens with zero attached hydrogens (tertiary/aromatic N) is 1. The molecule has 188 valence electrons. The molecular formula is C27H20Br2N2O6. The van der Waals surface area contributed by atoms with Crippen LogP contribution < -0.4 is 15.0 Å². The average molecular weight is 628 g/mol. The highest BCUT2D eigenvalue weighted by molar-refractivity contribution is 9.11. The van der Waals surface area contributed by atoms with Crippen LogP contribution in [0.2, 0.25) is 0 Å². The first-order chi connectivity index (χ1) is 17.7.